The normalized spacial score (nSPS) is 31.9. The van der Waals surface area contributed by atoms with Crippen LogP contribution in [0.2, 0.25) is 0 Å². The summed E-state index contributed by atoms with van der Waals surface area (Å²) in [6.07, 6.45) is 0.205. The number of carbonyl (C=O) groups is 2. The average molecular weight is 201 g/mol. The van der Waals surface area contributed by atoms with Crippen LogP contribution in [0.3, 0.4) is 0 Å². The Balaban J connectivity index is 3.07. The number of likely N-dealkylation sites (tertiary alicyclic amines) is 1. The molecule has 0 aromatic rings. The molecular weight excluding hydrogens is 186 g/mol. The Morgan fingerprint density at radius 1 is 1.50 bits per heavy atom. The van der Waals surface area contributed by atoms with Crippen LogP contribution in [0.1, 0.15) is 33.1 Å². The number of amides is 1. The average Bonchev–Trinajstić information content (AvgIpc) is 2.43. The maximum absolute atomic E-state index is 11.1. The molecule has 14 heavy (non-hydrogen) atoms. The fourth-order valence-corrected chi connectivity index (χ4v) is 2.20. The van der Waals surface area contributed by atoms with E-state index in [-0.39, 0.29) is 6.04 Å². The van der Waals surface area contributed by atoms with Gasteiger partial charge in [0.1, 0.15) is 5.54 Å². The Morgan fingerprint density at radius 3 is 2.36 bits per heavy atom. The molecule has 0 aliphatic carbocycles. The highest BCUT2D eigenvalue weighted by Gasteiger charge is 2.51. The molecular formula is C9H15NO4. The van der Waals surface area contributed by atoms with Crippen LogP contribution in [0, 0.1) is 0 Å². The van der Waals surface area contributed by atoms with E-state index in [1.54, 1.807) is 13.8 Å². The minimum atomic E-state index is -1.20. The Hall–Kier alpha value is -1.26. The van der Waals surface area contributed by atoms with Crippen molar-refractivity contribution < 1.29 is 19.8 Å². The summed E-state index contributed by atoms with van der Waals surface area (Å²) in [5.74, 6) is -1.04. The molecule has 0 aromatic heterocycles. The summed E-state index contributed by atoms with van der Waals surface area (Å²) < 4.78 is 0. The molecule has 5 heteroatoms. The first-order valence-corrected chi connectivity index (χ1v) is 4.71. The van der Waals surface area contributed by atoms with Crippen LogP contribution in [0.4, 0.5) is 4.79 Å². The van der Waals surface area contributed by atoms with E-state index in [0.29, 0.717) is 19.3 Å². The zero-order valence-corrected chi connectivity index (χ0v) is 8.36. The van der Waals surface area contributed by atoms with Crippen LogP contribution < -0.4 is 0 Å². The third kappa shape index (κ3) is 1.32. The highest BCUT2D eigenvalue weighted by atomic mass is 16.4. The van der Waals surface area contributed by atoms with E-state index >= 15 is 0 Å². The Kier molecular flexibility index (Phi) is 2.69. The van der Waals surface area contributed by atoms with E-state index in [1.807, 2.05) is 0 Å². The zero-order chi connectivity index (χ0) is 10.9. The second-order valence-corrected chi connectivity index (χ2v) is 3.73. The van der Waals surface area contributed by atoms with E-state index in [9.17, 15) is 9.59 Å². The predicted molar refractivity (Wildman–Crippen MR) is 49.2 cm³/mol. The van der Waals surface area contributed by atoms with Gasteiger partial charge in [-0.3, -0.25) is 4.90 Å². The molecule has 0 radical (unpaired) electrons. The molecule has 1 amide bonds. The first kappa shape index (κ1) is 10.8. The Morgan fingerprint density at radius 2 is 2.07 bits per heavy atom. The number of hydrogen-bond acceptors (Lipinski definition) is 2. The van der Waals surface area contributed by atoms with Gasteiger partial charge in [-0.2, -0.15) is 0 Å². The van der Waals surface area contributed by atoms with Gasteiger partial charge in [-0.1, -0.05) is 6.92 Å². The van der Waals surface area contributed by atoms with Gasteiger partial charge in [0.15, 0.2) is 0 Å². The number of carboxylic acid groups (broad SMARTS) is 2. The van der Waals surface area contributed by atoms with Gasteiger partial charge in [-0.15, -0.1) is 0 Å². The highest BCUT2D eigenvalue weighted by Crippen LogP contribution is 2.36. The van der Waals surface area contributed by atoms with E-state index in [4.69, 9.17) is 10.2 Å². The molecule has 1 aliphatic rings. The smallest absolute Gasteiger partial charge is 0.408 e. The Labute approximate surface area is 82.3 Å². The van der Waals surface area contributed by atoms with Gasteiger partial charge in [-0.25, -0.2) is 9.59 Å². The van der Waals surface area contributed by atoms with Crippen molar-refractivity contribution in [2.24, 2.45) is 0 Å². The van der Waals surface area contributed by atoms with Gasteiger partial charge in [-0.05, 0) is 26.2 Å². The van der Waals surface area contributed by atoms with E-state index in [0.717, 1.165) is 4.90 Å². The van der Waals surface area contributed by atoms with Crippen LogP contribution in [0.25, 0.3) is 0 Å². The molecule has 1 rings (SSSR count). The molecule has 5 nitrogen and oxygen atoms in total. The van der Waals surface area contributed by atoms with Crippen LogP contribution in [0.5, 0.6) is 0 Å². The molecule has 1 aliphatic heterocycles. The lowest BCUT2D eigenvalue weighted by atomic mass is 9.93. The summed E-state index contributed by atoms with van der Waals surface area (Å²) in [6.45, 7) is 3.45. The van der Waals surface area contributed by atoms with Crippen molar-refractivity contribution in [3.8, 4) is 0 Å². The maximum Gasteiger partial charge on any atom is 0.408 e. The standard InChI is InChI=1S/C9H15NO4/c1-3-9(7(11)12)5-4-6(2)10(9)8(13)14/h6H,3-5H2,1-2H3,(H,11,12)(H,13,14). The predicted octanol–water partition coefficient (Wildman–Crippen LogP) is 1.38. The van der Waals surface area contributed by atoms with Gasteiger partial charge < -0.3 is 10.2 Å². The minimum Gasteiger partial charge on any atom is -0.479 e. The number of carboxylic acids is 1. The monoisotopic (exact) mass is 201 g/mol. The second kappa shape index (κ2) is 3.48. The fourth-order valence-electron chi connectivity index (χ4n) is 2.20. The molecule has 0 aromatic carbocycles. The van der Waals surface area contributed by atoms with E-state index in [1.165, 1.54) is 0 Å². The summed E-state index contributed by atoms with van der Waals surface area (Å²) in [6, 6.07) is -0.205. The highest BCUT2D eigenvalue weighted by molar-refractivity contribution is 5.84. The topological polar surface area (TPSA) is 77.8 Å². The minimum absolute atomic E-state index is 0.205. The number of nitrogens with zero attached hydrogens (tertiary/aromatic N) is 1. The summed E-state index contributed by atoms with van der Waals surface area (Å²) in [5, 5.41) is 18.1. The molecule has 1 heterocycles. The van der Waals surface area contributed by atoms with Gasteiger partial charge >= 0.3 is 12.1 Å². The zero-order valence-electron chi connectivity index (χ0n) is 8.36. The van der Waals surface area contributed by atoms with Crippen LogP contribution in [0.15, 0.2) is 0 Å². The number of aliphatic carboxylic acids is 1. The molecule has 0 saturated carbocycles. The fraction of sp³-hybridized carbons (Fsp3) is 0.778. The molecule has 1 fully saturated rings. The van der Waals surface area contributed by atoms with Crippen molar-refractivity contribution >= 4 is 12.1 Å². The first-order valence-electron chi connectivity index (χ1n) is 4.71. The molecule has 1 saturated heterocycles. The molecule has 2 atom stereocenters. The van der Waals surface area contributed by atoms with Gasteiger partial charge in [0.05, 0.1) is 0 Å². The Bertz CT molecular complexity index is 266. The van der Waals surface area contributed by atoms with Crippen LogP contribution >= 0.6 is 0 Å². The molecule has 2 unspecified atom stereocenters. The van der Waals surface area contributed by atoms with Crippen molar-refractivity contribution in [2.45, 2.75) is 44.7 Å². The van der Waals surface area contributed by atoms with Gasteiger partial charge in [0, 0.05) is 6.04 Å². The van der Waals surface area contributed by atoms with E-state index < -0.39 is 17.6 Å². The van der Waals surface area contributed by atoms with Gasteiger partial charge in [0.25, 0.3) is 0 Å². The van der Waals surface area contributed by atoms with Crippen molar-refractivity contribution in [1.82, 2.24) is 4.90 Å². The van der Waals surface area contributed by atoms with E-state index in [2.05, 4.69) is 0 Å². The summed E-state index contributed by atoms with van der Waals surface area (Å²) in [4.78, 5) is 23.1. The SMILES string of the molecule is CCC1(C(=O)O)CCC(C)N1C(=O)O. The molecule has 80 valence electrons. The van der Waals surface area contributed by atoms with Crippen molar-refractivity contribution in [2.75, 3.05) is 0 Å². The van der Waals surface area contributed by atoms with Gasteiger partial charge in [0.2, 0.25) is 0 Å². The summed E-state index contributed by atoms with van der Waals surface area (Å²) in [7, 11) is 0. The maximum atomic E-state index is 11.1. The molecule has 2 N–H and O–H groups in total. The van der Waals surface area contributed by atoms with Crippen LogP contribution in [-0.4, -0.2) is 38.8 Å². The number of rotatable bonds is 2. The quantitative estimate of drug-likeness (QED) is 0.707. The second-order valence-electron chi connectivity index (χ2n) is 3.73. The molecule has 0 bridgehead atoms. The first-order chi connectivity index (χ1) is 6.45. The van der Waals surface area contributed by atoms with Crippen molar-refractivity contribution in [3.05, 3.63) is 0 Å². The third-order valence-corrected chi connectivity index (χ3v) is 3.07. The van der Waals surface area contributed by atoms with Crippen molar-refractivity contribution in [1.29, 1.82) is 0 Å². The summed E-state index contributed by atoms with van der Waals surface area (Å²) in [5.41, 5.74) is -1.20. The van der Waals surface area contributed by atoms with Crippen LogP contribution in [-0.2, 0) is 4.79 Å². The lowest BCUT2D eigenvalue weighted by Crippen LogP contribution is -2.54. The van der Waals surface area contributed by atoms with Crippen molar-refractivity contribution in [3.63, 3.8) is 0 Å². The lowest BCUT2D eigenvalue weighted by molar-refractivity contribution is -0.149. The lowest BCUT2D eigenvalue weighted by Gasteiger charge is -2.33. The molecule has 0 spiro atoms. The third-order valence-electron chi connectivity index (χ3n) is 3.07. The largest absolute Gasteiger partial charge is 0.479 e. The summed E-state index contributed by atoms with van der Waals surface area (Å²) >= 11 is 0. The number of hydrogen-bond donors (Lipinski definition) is 2.